The van der Waals surface area contributed by atoms with Crippen molar-refractivity contribution in [2.75, 3.05) is 24.5 Å². The monoisotopic (exact) mass is 301 g/mol. The van der Waals surface area contributed by atoms with Gasteiger partial charge in [-0.3, -0.25) is 14.3 Å². The lowest BCUT2D eigenvalue weighted by Gasteiger charge is -2.38. The number of anilines is 1. The summed E-state index contributed by atoms with van der Waals surface area (Å²) in [5.74, 6) is 0.244. The molecule has 0 N–H and O–H groups in total. The summed E-state index contributed by atoms with van der Waals surface area (Å²) in [6.07, 6.45) is 6.55. The van der Waals surface area contributed by atoms with Crippen molar-refractivity contribution in [3.05, 3.63) is 30.4 Å². The molecule has 2 aliphatic heterocycles. The van der Waals surface area contributed by atoms with E-state index in [1.54, 1.807) is 22.1 Å². The van der Waals surface area contributed by atoms with E-state index in [-0.39, 0.29) is 23.6 Å². The molecule has 2 saturated heterocycles. The lowest BCUT2D eigenvalue weighted by atomic mass is 10.1. The number of hydrogen-bond donors (Lipinski definition) is 0. The van der Waals surface area contributed by atoms with Crippen LogP contribution in [0.4, 0.5) is 5.69 Å². The van der Waals surface area contributed by atoms with Crippen LogP contribution in [0.2, 0.25) is 0 Å². The predicted octanol–water partition coefficient (Wildman–Crippen LogP) is 0.695. The molecule has 0 aliphatic carbocycles. The van der Waals surface area contributed by atoms with Gasteiger partial charge in [-0.05, 0) is 6.42 Å². The molecule has 2 aliphatic rings. The van der Waals surface area contributed by atoms with Gasteiger partial charge in [0, 0.05) is 38.3 Å². The van der Waals surface area contributed by atoms with Crippen LogP contribution >= 0.6 is 0 Å². The summed E-state index contributed by atoms with van der Waals surface area (Å²) < 4.78 is 6.69. The predicted molar refractivity (Wildman–Crippen MR) is 75.3 cm³/mol. The van der Waals surface area contributed by atoms with Crippen molar-refractivity contribution in [1.82, 2.24) is 19.8 Å². The Morgan fingerprint density at radius 3 is 2.91 bits per heavy atom. The molecule has 8 heteroatoms. The van der Waals surface area contributed by atoms with Crippen molar-refractivity contribution in [1.29, 1.82) is 0 Å². The van der Waals surface area contributed by atoms with Crippen LogP contribution in [0, 0.1) is 0 Å². The van der Waals surface area contributed by atoms with Crippen LogP contribution in [0.1, 0.15) is 29.4 Å². The normalized spacial score (nSPS) is 18.8. The van der Waals surface area contributed by atoms with Crippen LogP contribution in [-0.2, 0) is 4.79 Å². The van der Waals surface area contributed by atoms with E-state index in [0.717, 1.165) is 18.7 Å². The summed E-state index contributed by atoms with van der Waals surface area (Å²) in [5, 5.41) is 7.86. The minimum Gasteiger partial charge on any atom is -0.351 e. The van der Waals surface area contributed by atoms with E-state index in [2.05, 4.69) is 10.3 Å². The number of hydrogen-bond acceptors (Lipinski definition) is 5. The summed E-state index contributed by atoms with van der Waals surface area (Å²) in [5.41, 5.74) is 0.836. The van der Waals surface area contributed by atoms with Gasteiger partial charge in [-0.1, -0.05) is 5.16 Å². The van der Waals surface area contributed by atoms with Crippen LogP contribution in [0.5, 0.6) is 0 Å². The van der Waals surface area contributed by atoms with E-state index in [1.165, 1.54) is 6.20 Å². The number of amides is 2. The Balaban J connectivity index is 1.40. The van der Waals surface area contributed by atoms with Crippen LogP contribution in [-0.4, -0.2) is 51.3 Å². The number of carbonyl (C=O) groups excluding carboxylic acids is 2. The smallest absolute Gasteiger partial charge is 0.292 e. The third-order valence-corrected chi connectivity index (χ3v) is 4.15. The first-order chi connectivity index (χ1) is 10.7. The molecule has 0 unspecified atom stereocenters. The second-order valence-corrected chi connectivity index (χ2v) is 5.57. The molecule has 8 nitrogen and oxygen atoms in total. The molecule has 0 saturated carbocycles. The standard InChI is InChI=1S/C14H15N5O3/c20-13-2-1-5-18(13)10-6-15-19(9-10)11-7-17(8-11)14(21)12-3-4-16-22-12/h3-4,6,9,11H,1-2,5,7-8H2. The Kier molecular flexibility index (Phi) is 2.95. The maximum absolute atomic E-state index is 12.0. The second kappa shape index (κ2) is 4.97. The third-order valence-electron chi connectivity index (χ3n) is 4.15. The molecule has 22 heavy (non-hydrogen) atoms. The average Bonchev–Trinajstić information content (AvgIpc) is 3.16. The van der Waals surface area contributed by atoms with Crippen molar-refractivity contribution >= 4 is 17.5 Å². The first kappa shape index (κ1) is 13.1. The maximum atomic E-state index is 12.0. The number of carbonyl (C=O) groups is 2. The van der Waals surface area contributed by atoms with Crippen molar-refractivity contribution < 1.29 is 14.1 Å². The Hall–Kier alpha value is -2.64. The second-order valence-electron chi connectivity index (χ2n) is 5.57. The van der Waals surface area contributed by atoms with Crippen LogP contribution in [0.15, 0.2) is 29.2 Å². The maximum Gasteiger partial charge on any atom is 0.292 e. The van der Waals surface area contributed by atoms with E-state index >= 15 is 0 Å². The molecule has 0 spiro atoms. The first-order valence-corrected chi connectivity index (χ1v) is 7.27. The van der Waals surface area contributed by atoms with E-state index in [1.807, 2.05) is 10.9 Å². The van der Waals surface area contributed by atoms with Gasteiger partial charge in [0.1, 0.15) is 0 Å². The van der Waals surface area contributed by atoms with Gasteiger partial charge in [-0.25, -0.2) is 0 Å². The summed E-state index contributed by atoms with van der Waals surface area (Å²) in [7, 11) is 0. The van der Waals surface area contributed by atoms with Gasteiger partial charge < -0.3 is 14.3 Å². The quantitative estimate of drug-likeness (QED) is 0.833. The van der Waals surface area contributed by atoms with E-state index in [9.17, 15) is 9.59 Å². The molecule has 2 aromatic heterocycles. The van der Waals surface area contributed by atoms with Crippen LogP contribution in [0.25, 0.3) is 0 Å². The lowest BCUT2D eigenvalue weighted by molar-refractivity contribution is -0.117. The summed E-state index contributed by atoms with van der Waals surface area (Å²) >= 11 is 0. The topological polar surface area (TPSA) is 84.5 Å². The van der Waals surface area contributed by atoms with Crippen LogP contribution < -0.4 is 4.90 Å². The minimum atomic E-state index is -0.157. The fraction of sp³-hybridized carbons (Fsp3) is 0.429. The number of rotatable bonds is 3. The Bertz CT molecular complexity index is 702. The zero-order chi connectivity index (χ0) is 15.1. The fourth-order valence-corrected chi connectivity index (χ4v) is 2.86. The number of likely N-dealkylation sites (tertiary alicyclic amines) is 1. The van der Waals surface area contributed by atoms with Gasteiger partial charge in [-0.15, -0.1) is 0 Å². The summed E-state index contributed by atoms with van der Waals surface area (Å²) in [6, 6.07) is 1.69. The SMILES string of the molecule is O=C(c1ccno1)N1CC(n2cc(N3CCCC3=O)cn2)C1. The van der Waals surface area contributed by atoms with Gasteiger partial charge in [0.25, 0.3) is 5.91 Å². The molecule has 2 aromatic rings. The lowest BCUT2D eigenvalue weighted by Crippen LogP contribution is -2.50. The third kappa shape index (κ3) is 2.07. The molecule has 0 radical (unpaired) electrons. The zero-order valence-electron chi connectivity index (χ0n) is 11.9. The molecule has 0 aromatic carbocycles. The van der Waals surface area contributed by atoms with Gasteiger partial charge in [0.05, 0.1) is 24.1 Å². The highest BCUT2D eigenvalue weighted by atomic mass is 16.5. The summed E-state index contributed by atoms with van der Waals surface area (Å²) in [4.78, 5) is 27.2. The largest absolute Gasteiger partial charge is 0.351 e. The van der Waals surface area contributed by atoms with Crippen LogP contribution in [0.3, 0.4) is 0 Å². The van der Waals surface area contributed by atoms with Gasteiger partial charge in [0.15, 0.2) is 0 Å². The molecule has 114 valence electrons. The Morgan fingerprint density at radius 1 is 1.36 bits per heavy atom. The molecule has 4 rings (SSSR count). The van der Waals surface area contributed by atoms with Gasteiger partial charge in [-0.2, -0.15) is 5.10 Å². The zero-order valence-corrected chi connectivity index (χ0v) is 11.9. The Morgan fingerprint density at radius 2 is 2.23 bits per heavy atom. The summed E-state index contributed by atoms with van der Waals surface area (Å²) in [6.45, 7) is 1.91. The minimum absolute atomic E-state index is 0.137. The molecule has 0 bridgehead atoms. The van der Waals surface area contributed by atoms with Crippen molar-refractivity contribution in [2.24, 2.45) is 0 Å². The van der Waals surface area contributed by atoms with Crippen molar-refractivity contribution in [2.45, 2.75) is 18.9 Å². The fourth-order valence-electron chi connectivity index (χ4n) is 2.86. The highest BCUT2D eigenvalue weighted by Gasteiger charge is 2.35. The molecule has 0 atom stereocenters. The molecule has 2 amide bonds. The Labute approximate surface area is 126 Å². The number of aromatic nitrogens is 3. The van der Waals surface area contributed by atoms with E-state index in [4.69, 9.17) is 4.52 Å². The molecule has 2 fully saturated rings. The highest BCUT2D eigenvalue weighted by molar-refractivity contribution is 5.95. The van der Waals surface area contributed by atoms with Gasteiger partial charge in [0.2, 0.25) is 11.7 Å². The van der Waals surface area contributed by atoms with Gasteiger partial charge >= 0.3 is 0 Å². The van der Waals surface area contributed by atoms with Crippen molar-refractivity contribution in [3.8, 4) is 0 Å². The highest BCUT2D eigenvalue weighted by Crippen LogP contribution is 2.26. The molecular formula is C14H15N5O3. The molecular weight excluding hydrogens is 286 g/mol. The first-order valence-electron chi connectivity index (χ1n) is 7.27. The molecule has 4 heterocycles. The van der Waals surface area contributed by atoms with Crippen molar-refractivity contribution in [3.63, 3.8) is 0 Å². The average molecular weight is 301 g/mol. The number of nitrogens with zero attached hydrogens (tertiary/aromatic N) is 5. The van der Waals surface area contributed by atoms with E-state index < -0.39 is 0 Å². The van der Waals surface area contributed by atoms with E-state index in [0.29, 0.717) is 19.5 Å².